The number of ether oxygens (including phenoxy) is 1. The minimum absolute atomic E-state index is 0.0702. The largest absolute Gasteiger partial charge is 0.480 e. The first-order valence-electron chi connectivity index (χ1n) is 6.30. The molecule has 1 aromatic carbocycles. The van der Waals surface area contributed by atoms with Crippen LogP contribution in [-0.4, -0.2) is 28.8 Å². The summed E-state index contributed by atoms with van der Waals surface area (Å²) in [6.07, 6.45) is 0. The van der Waals surface area contributed by atoms with Crippen molar-refractivity contribution in [1.82, 2.24) is 0 Å². The predicted molar refractivity (Wildman–Crippen MR) is 59.5 cm³/mol. The summed E-state index contributed by atoms with van der Waals surface area (Å²) in [6.45, 7) is -4.23. The molecular formula is C12H14O5. The summed E-state index contributed by atoms with van der Waals surface area (Å²) < 4.78 is 26.5. The Kier molecular flexibility index (Phi) is 2.94. The Bertz CT molecular complexity index is 470. The van der Waals surface area contributed by atoms with E-state index in [0.29, 0.717) is 5.56 Å². The van der Waals surface area contributed by atoms with E-state index < -0.39 is 30.8 Å². The van der Waals surface area contributed by atoms with Crippen molar-refractivity contribution in [1.29, 1.82) is 0 Å². The van der Waals surface area contributed by atoms with Crippen LogP contribution in [0.15, 0.2) is 30.3 Å². The van der Waals surface area contributed by atoms with E-state index in [1.807, 2.05) is 0 Å². The Morgan fingerprint density at radius 2 is 1.88 bits per heavy atom. The summed E-state index contributed by atoms with van der Waals surface area (Å²) in [4.78, 5) is 22.3. The summed E-state index contributed by atoms with van der Waals surface area (Å²) in [5.74, 6) is -3.89. The SMILES string of the molecule is [2H]C([2H])([2H])C(COCc1ccccc1)(C(=O)O)C(=O)O. The highest BCUT2D eigenvalue weighted by atomic mass is 16.5. The molecule has 5 nitrogen and oxygen atoms in total. The van der Waals surface area contributed by atoms with Crippen LogP contribution in [0.25, 0.3) is 0 Å². The molecule has 0 spiro atoms. The lowest BCUT2D eigenvalue weighted by molar-refractivity contribution is -0.168. The smallest absolute Gasteiger partial charge is 0.323 e. The second-order valence-electron chi connectivity index (χ2n) is 3.49. The number of aliphatic carboxylic acids is 2. The number of carboxylic acids is 2. The molecule has 0 aromatic heterocycles. The van der Waals surface area contributed by atoms with Crippen LogP contribution in [0.4, 0.5) is 0 Å². The molecule has 0 bridgehead atoms. The highest BCUT2D eigenvalue weighted by Gasteiger charge is 2.42. The van der Waals surface area contributed by atoms with Crippen molar-refractivity contribution < 1.29 is 28.7 Å². The molecule has 2 N–H and O–H groups in total. The number of carbonyl (C=O) groups is 2. The minimum atomic E-state index is -3.22. The van der Waals surface area contributed by atoms with Crippen LogP contribution in [0, 0.1) is 5.41 Å². The molecule has 0 atom stereocenters. The van der Waals surface area contributed by atoms with E-state index in [4.69, 9.17) is 19.1 Å². The topological polar surface area (TPSA) is 83.8 Å². The first kappa shape index (κ1) is 9.18. The first-order valence-corrected chi connectivity index (χ1v) is 4.80. The Balaban J connectivity index is 2.86. The lowest BCUT2D eigenvalue weighted by Gasteiger charge is -2.19. The number of rotatable bonds is 6. The van der Waals surface area contributed by atoms with Gasteiger partial charge in [0.05, 0.1) is 13.2 Å². The Hall–Kier alpha value is -1.88. The Morgan fingerprint density at radius 3 is 2.35 bits per heavy atom. The quantitative estimate of drug-likeness (QED) is 0.735. The van der Waals surface area contributed by atoms with Crippen molar-refractivity contribution in [2.24, 2.45) is 5.41 Å². The van der Waals surface area contributed by atoms with Gasteiger partial charge in [-0.1, -0.05) is 30.3 Å². The number of hydrogen-bond donors (Lipinski definition) is 2. The molecule has 0 fully saturated rings. The summed E-state index contributed by atoms with van der Waals surface area (Å²) in [7, 11) is 0. The van der Waals surface area contributed by atoms with E-state index in [2.05, 4.69) is 0 Å². The normalized spacial score (nSPS) is 14.5. The second kappa shape index (κ2) is 5.45. The summed E-state index contributed by atoms with van der Waals surface area (Å²) in [5, 5.41) is 18.0. The molecule has 1 aromatic rings. The predicted octanol–water partition coefficient (Wildman–Crippen LogP) is 1.38. The van der Waals surface area contributed by atoms with E-state index in [1.54, 1.807) is 30.3 Å². The molecule has 92 valence electrons. The molecule has 0 unspecified atom stereocenters. The van der Waals surface area contributed by atoms with Gasteiger partial charge in [-0.25, -0.2) is 0 Å². The van der Waals surface area contributed by atoms with Gasteiger partial charge >= 0.3 is 11.9 Å². The van der Waals surface area contributed by atoms with Crippen molar-refractivity contribution in [2.45, 2.75) is 13.5 Å². The zero-order chi connectivity index (χ0) is 15.4. The van der Waals surface area contributed by atoms with E-state index in [0.717, 1.165) is 0 Å². The number of hydrogen-bond acceptors (Lipinski definition) is 3. The van der Waals surface area contributed by atoms with E-state index in [1.165, 1.54) is 0 Å². The van der Waals surface area contributed by atoms with Gasteiger partial charge in [-0.05, 0) is 12.4 Å². The van der Waals surface area contributed by atoms with Gasteiger partial charge in [0.2, 0.25) is 0 Å². The average Bonchev–Trinajstić information content (AvgIpc) is 2.33. The molecule has 0 aliphatic rings. The maximum Gasteiger partial charge on any atom is 0.323 e. The van der Waals surface area contributed by atoms with Crippen LogP contribution in [-0.2, 0) is 20.9 Å². The van der Waals surface area contributed by atoms with Gasteiger partial charge < -0.3 is 14.9 Å². The van der Waals surface area contributed by atoms with E-state index in [9.17, 15) is 9.59 Å². The van der Waals surface area contributed by atoms with Crippen LogP contribution >= 0.6 is 0 Å². The van der Waals surface area contributed by atoms with Gasteiger partial charge in [-0.15, -0.1) is 0 Å². The maximum atomic E-state index is 11.1. The van der Waals surface area contributed by atoms with Crippen LogP contribution in [0.5, 0.6) is 0 Å². The molecule has 0 aliphatic carbocycles. The standard InChI is InChI=1S/C12H14O5/c1-12(10(13)14,11(15)16)8-17-7-9-5-3-2-4-6-9/h2-6H,7-8H2,1H3,(H,13,14)(H,15,16)/i1D3. The summed E-state index contributed by atoms with van der Waals surface area (Å²) in [6, 6.07) is 8.61. The zero-order valence-corrected chi connectivity index (χ0v) is 8.92. The van der Waals surface area contributed by atoms with Gasteiger partial charge in [-0.3, -0.25) is 9.59 Å². The van der Waals surface area contributed by atoms with Gasteiger partial charge in [0, 0.05) is 4.11 Å². The molecule has 0 heterocycles. The first-order chi connectivity index (χ1) is 9.22. The fraction of sp³-hybridized carbons (Fsp3) is 0.333. The van der Waals surface area contributed by atoms with Gasteiger partial charge in [0.25, 0.3) is 0 Å². The summed E-state index contributed by atoms with van der Waals surface area (Å²) in [5.41, 5.74) is -2.29. The molecular weight excluding hydrogens is 224 g/mol. The van der Waals surface area contributed by atoms with Gasteiger partial charge in [-0.2, -0.15) is 0 Å². The molecule has 0 amide bonds. The average molecular weight is 241 g/mol. The lowest BCUT2D eigenvalue weighted by Crippen LogP contribution is -2.40. The fourth-order valence-corrected chi connectivity index (χ4v) is 1.11. The van der Waals surface area contributed by atoms with Crippen molar-refractivity contribution in [3.8, 4) is 0 Å². The van der Waals surface area contributed by atoms with Crippen LogP contribution in [0.1, 0.15) is 16.5 Å². The third-order valence-electron chi connectivity index (χ3n) is 2.16. The number of carboxylic acid groups (broad SMARTS) is 2. The van der Waals surface area contributed by atoms with E-state index in [-0.39, 0.29) is 6.61 Å². The second-order valence-corrected chi connectivity index (χ2v) is 3.49. The third-order valence-corrected chi connectivity index (χ3v) is 2.16. The van der Waals surface area contributed by atoms with Gasteiger partial charge in [0.1, 0.15) is 0 Å². The van der Waals surface area contributed by atoms with Gasteiger partial charge in [0.15, 0.2) is 5.41 Å². The lowest BCUT2D eigenvalue weighted by atomic mass is 9.92. The van der Waals surface area contributed by atoms with E-state index >= 15 is 0 Å². The zero-order valence-electron chi connectivity index (χ0n) is 11.9. The molecule has 17 heavy (non-hydrogen) atoms. The van der Waals surface area contributed by atoms with Crippen LogP contribution in [0.2, 0.25) is 0 Å². The number of benzene rings is 1. The molecule has 0 saturated carbocycles. The Labute approximate surface area is 103 Å². The molecule has 0 aliphatic heterocycles. The van der Waals surface area contributed by atoms with Crippen molar-refractivity contribution in [3.05, 3.63) is 35.9 Å². The van der Waals surface area contributed by atoms with Crippen LogP contribution < -0.4 is 0 Å². The summed E-state index contributed by atoms with van der Waals surface area (Å²) >= 11 is 0. The van der Waals surface area contributed by atoms with Crippen LogP contribution in [0.3, 0.4) is 0 Å². The van der Waals surface area contributed by atoms with Crippen molar-refractivity contribution in [3.63, 3.8) is 0 Å². The molecule has 0 radical (unpaired) electrons. The minimum Gasteiger partial charge on any atom is -0.480 e. The maximum absolute atomic E-state index is 11.1. The van der Waals surface area contributed by atoms with Crippen molar-refractivity contribution in [2.75, 3.05) is 6.61 Å². The third kappa shape index (κ3) is 3.29. The fourth-order valence-electron chi connectivity index (χ4n) is 1.11. The van der Waals surface area contributed by atoms with Crippen molar-refractivity contribution >= 4 is 11.9 Å². The molecule has 5 heteroatoms. The molecule has 0 saturated heterocycles. The highest BCUT2D eigenvalue weighted by molar-refractivity contribution is 5.97. The highest BCUT2D eigenvalue weighted by Crippen LogP contribution is 2.18. The molecule has 1 rings (SSSR count). The monoisotopic (exact) mass is 241 g/mol. The Morgan fingerprint density at radius 1 is 1.29 bits per heavy atom.